The highest BCUT2D eigenvalue weighted by Crippen LogP contribution is 2.17. The Balaban J connectivity index is 1.44. The predicted molar refractivity (Wildman–Crippen MR) is 90.1 cm³/mol. The van der Waals surface area contributed by atoms with Gasteiger partial charge in [-0.3, -0.25) is 4.79 Å². The highest BCUT2D eigenvalue weighted by atomic mass is 16.5. The maximum atomic E-state index is 12.3. The number of piperidine rings is 1. The molecule has 1 atom stereocenters. The van der Waals surface area contributed by atoms with Crippen molar-refractivity contribution in [2.45, 2.75) is 45.6 Å². The number of furan rings is 1. The SMILES string of the molecule is CC(C)Cc1nc(CCOC2CCCN(C(=O)c3ccco3)C2)no1. The lowest BCUT2D eigenvalue weighted by Crippen LogP contribution is -2.43. The molecule has 2 aromatic heterocycles. The molecule has 7 heteroatoms. The molecule has 2 aromatic rings. The lowest BCUT2D eigenvalue weighted by molar-refractivity contribution is 0.00155. The molecule has 0 radical (unpaired) electrons. The zero-order valence-electron chi connectivity index (χ0n) is 14.8. The van der Waals surface area contributed by atoms with Gasteiger partial charge in [-0.05, 0) is 30.9 Å². The van der Waals surface area contributed by atoms with Crippen LogP contribution in [0.15, 0.2) is 27.3 Å². The number of amides is 1. The average molecular weight is 347 g/mol. The number of hydrogen-bond acceptors (Lipinski definition) is 6. The number of hydrogen-bond donors (Lipinski definition) is 0. The molecular weight excluding hydrogens is 322 g/mol. The fourth-order valence-electron chi connectivity index (χ4n) is 2.96. The zero-order valence-corrected chi connectivity index (χ0v) is 14.8. The third-order valence-electron chi connectivity index (χ3n) is 4.17. The first kappa shape index (κ1) is 17.7. The lowest BCUT2D eigenvalue weighted by Gasteiger charge is -2.32. The van der Waals surface area contributed by atoms with Gasteiger partial charge in [0.15, 0.2) is 11.6 Å². The summed E-state index contributed by atoms with van der Waals surface area (Å²) in [6.07, 6.45) is 4.84. The Bertz CT molecular complexity index is 666. The van der Waals surface area contributed by atoms with E-state index in [-0.39, 0.29) is 12.0 Å². The van der Waals surface area contributed by atoms with Crippen LogP contribution >= 0.6 is 0 Å². The van der Waals surface area contributed by atoms with Crippen molar-refractivity contribution >= 4 is 5.91 Å². The molecule has 1 saturated heterocycles. The summed E-state index contributed by atoms with van der Waals surface area (Å²) < 4.78 is 16.4. The van der Waals surface area contributed by atoms with Crippen molar-refractivity contribution < 1.29 is 18.5 Å². The molecule has 0 aromatic carbocycles. The third kappa shape index (κ3) is 4.92. The van der Waals surface area contributed by atoms with Crippen molar-refractivity contribution in [3.05, 3.63) is 35.9 Å². The molecule has 0 saturated carbocycles. The van der Waals surface area contributed by atoms with Gasteiger partial charge in [0.2, 0.25) is 5.89 Å². The lowest BCUT2D eigenvalue weighted by atomic mass is 10.1. The summed E-state index contributed by atoms with van der Waals surface area (Å²) in [5.41, 5.74) is 0. The molecule has 3 rings (SSSR count). The number of carbonyl (C=O) groups is 1. The standard InChI is InChI=1S/C18H25N3O4/c1-13(2)11-17-19-16(20-25-17)7-10-23-14-5-3-8-21(12-14)18(22)15-6-4-9-24-15/h4,6,9,13-14H,3,5,7-8,10-12H2,1-2H3. The summed E-state index contributed by atoms with van der Waals surface area (Å²) in [6.45, 7) is 6.08. The van der Waals surface area contributed by atoms with Crippen LogP contribution in [0.2, 0.25) is 0 Å². The van der Waals surface area contributed by atoms with Gasteiger partial charge in [0.25, 0.3) is 5.91 Å². The largest absolute Gasteiger partial charge is 0.459 e. The second kappa shape index (κ2) is 8.29. The van der Waals surface area contributed by atoms with E-state index in [0.717, 1.165) is 25.8 Å². The Labute approximate surface area is 147 Å². The van der Waals surface area contributed by atoms with Crippen LogP contribution in [-0.4, -0.2) is 46.7 Å². The highest BCUT2D eigenvalue weighted by Gasteiger charge is 2.26. The number of carbonyl (C=O) groups excluding carboxylic acids is 1. The van der Waals surface area contributed by atoms with Gasteiger partial charge in [0.05, 0.1) is 19.0 Å². The van der Waals surface area contributed by atoms with Crippen LogP contribution in [0.1, 0.15) is 49.0 Å². The van der Waals surface area contributed by atoms with Gasteiger partial charge in [-0.2, -0.15) is 4.98 Å². The predicted octanol–water partition coefficient (Wildman–Crippen LogP) is 2.73. The monoisotopic (exact) mass is 347 g/mol. The van der Waals surface area contributed by atoms with Crippen molar-refractivity contribution in [1.82, 2.24) is 15.0 Å². The third-order valence-corrected chi connectivity index (χ3v) is 4.17. The number of nitrogens with zero attached hydrogens (tertiary/aromatic N) is 3. The molecule has 0 N–H and O–H groups in total. The molecular formula is C18H25N3O4. The molecule has 1 unspecified atom stereocenters. The fraction of sp³-hybridized carbons (Fsp3) is 0.611. The highest BCUT2D eigenvalue weighted by molar-refractivity contribution is 5.91. The normalized spacial score (nSPS) is 18.0. The van der Waals surface area contributed by atoms with Crippen LogP contribution in [0, 0.1) is 5.92 Å². The Hall–Kier alpha value is -2.15. The van der Waals surface area contributed by atoms with E-state index in [1.165, 1.54) is 6.26 Å². The van der Waals surface area contributed by atoms with Gasteiger partial charge in [-0.25, -0.2) is 0 Å². The van der Waals surface area contributed by atoms with Crippen molar-refractivity contribution in [2.24, 2.45) is 5.92 Å². The van der Waals surface area contributed by atoms with E-state index in [9.17, 15) is 4.79 Å². The van der Waals surface area contributed by atoms with Crippen LogP contribution in [0.5, 0.6) is 0 Å². The summed E-state index contributed by atoms with van der Waals surface area (Å²) in [5, 5.41) is 3.99. The van der Waals surface area contributed by atoms with E-state index in [2.05, 4.69) is 24.0 Å². The van der Waals surface area contributed by atoms with Gasteiger partial charge in [-0.15, -0.1) is 0 Å². The zero-order chi connectivity index (χ0) is 17.6. The molecule has 0 bridgehead atoms. The van der Waals surface area contributed by atoms with Crippen LogP contribution in [0.3, 0.4) is 0 Å². The topological polar surface area (TPSA) is 81.6 Å². The van der Waals surface area contributed by atoms with Crippen LogP contribution in [-0.2, 0) is 17.6 Å². The maximum absolute atomic E-state index is 12.3. The Morgan fingerprint density at radius 3 is 3.12 bits per heavy atom. The van der Waals surface area contributed by atoms with E-state index in [1.807, 2.05) is 0 Å². The summed E-state index contributed by atoms with van der Waals surface area (Å²) in [4.78, 5) is 18.5. The first-order valence-electron chi connectivity index (χ1n) is 8.87. The summed E-state index contributed by atoms with van der Waals surface area (Å²) >= 11 is 0. The average Bonchev–Trinajstić information content (AvgIpc) is 3.26. The molecule has 1 amide bonds. The molecule has 1 aliphatic heterocycles. The van der Waals surface area contributed by atoms with Crippen LogP contribution in [0.4, 0.5) is 0 Å². The second-order valence-corrected chi connectivity index (χ2v) is 6.82. The van der Waals surface area contributed by atoms with Gasteiger partial charge >= 0.3 is 0 Å². The van der Waals surface area contributed by atoms with E-state index in [4.69, 9.17) is 13.7 Å². The second-order valence-electron chi connectivity index (χ2n) is 6.82. The molecule has 7 nitrogen and oxygen atoms in total. The Kier molecular flexibility index (Phi) is 5.86. The van der Waals surface area contributed by atoms with Crippen molar-refractivity contribution in [3.8, 4) is 0 Å². The van der Waals surface area contributed by atoms with E-state index >= 15 is 0 Å². The van der Waals surface area contributed by atoms with Crippen LogP contribution in [0.25, 0.3) is 0 Å². The molecule has 0 spiro atoms. The summed E-state index contributed by atoms with van der Waals surface area (Å²) in [5.74, 6) is 2.15. The maximum Gasteiger partial charge on any atom is 0.289 e. The van der Waals surface area contributed by atoms with Gasteiger partial charge in [0, 0.05) is 25.9 Å². The van der Waals surface area contributed by atoms with Gasteiger partial charge in [-0.1, -0.05) is 19.0 Å². The van der Waals surface area contributed by atoms with Gasteiger partial charge < -0.3 is 18.6 Å². The van der Waals surface area contributed by atoms with Crippen LogP contribution < -0.4 is 0 Å². The van der Waals surface area contributed by atoms with Crippen molar-refractivity contribution in [3.63, 3.8) is 0 Å². The Morgan fingerprint density at radius 1 is 1.48 bits per heavy atom. The first-order chi connectivity index (χ1) is 12.1. The number of aromatic nitrogens is 2. The number of rotatable bonds is 7. The first-order valence-corrected chi connectivity index (χ1v) is 8.87. The number of ether oxygens (including phenoxy) is 1. The van der Waals surface area contributed by atoms with E-state index in [0.29, 0.717) is 43.0 Å². The minimum absolute atomic E-state index is 0.0368. The van der Waals surface area contributed by atoms with E-state index in [1.54, 1.807) is 17.0 Å². The molecule has 25 heavy (non-hydrogen) atoms. The molecule has 0 aliphatic carbocycles. The molecule has 3 heterocycles. The van der Waals surface area contributed by atoms with E-state index < -0.39 is 0 Å². The summed E-state index contributed by atoms with van der Waals surface area (Å²) in [7, 11) is 0. The molecule has 136 valence electrons. The van der Waals surface area contributed by atoms with Crippen molar-refractivity contribution in [2.75, 3.05) is 19.7 Å². The minimum atomic E-state index is -0.0743. The fourth-order valence-corrected chi connectivity index (χ4v) is 2.96. The quantitative estimate of drug-likeness (QED) is 0.766. The molecule has 1 fully saturated rings. The van der Waals surface area contributed by atoms with Crippen molar-refractivity contribution in [1.29, 1.82) is 0 Å². The number of likely N-dealkylation sites (tertiary alicyclic amines) is 1. The molecule has 1 aliphatic rings. The Morgan fingerprint density at radius 2 is 2.36 bits per heavy atom. The minimum Gasteiger partial charge on any atom is -0.459 e. The van der Waals surface area contributed by atoms with Gasteiger partial charge in [0.1, 0.15) is 0 Å². The smallest absolute Gasteiger partial charge is 0.289 e. The summed E-state index contributed by atoms with van der Waals surface area (Å²) in [6, 6.07) is 3.42.